The van der Waals surface area contributed by atoms with Gasteiger partial charge >= 0.3 is 0 Å². The predicted molar refractivity (Wildman–Crippen MR) is 80.5 cm³/mol. The monoisotopic (exact) mass is 245 g/mol. The largest absolute Gasteiger partial charge is 0.0769 e. The van der Waals surface area contributed by atoms with Crippen molar-refractivity contribution in [2.45, 2.75) is 25.7 Å². The Morgan fingerprint density at radius 2 is 1.79 bits per heavy atom. The molecule has 0 saturated carbocycles. The second-order valence-corrected chi connectivity index (χ2v) is 5.59. The normalized spacial score (nSPS) is 20.8. The van der Waals surface area contributed by atoms with E-state index in [0.29, 0.717) is 0 Å². The molecule has 0 spiro atoms. The van der Waals surface area contributed by atoms with Gasteiger partial charge in [0.15, 0.2) is 0 Å². The van der Waals surface area contributed by atoms with Gasteiger partial charge in [0.25, 0.3) is 0 Å². The zero-order valence-corrected chi connectivity index (χ0v) is 11.1. The van der Waals surface area contributed by atoms with Gasteiger partial charge in [0, 0.05) is 0 Å². The van der Waals surface area contributed by atoms with Crippen molar-refractivity contribution in [1.29, 1.82) is 0 Å². The number of hydrogen-bond donors (Lipinski definition) is 0. The standard InChI is InChI=1S/C19H17/c1-13-6-9-17-15(12-13)8-11-18-16-5-3-2-4-14(16)7-10-19(17)18/h2-6,11-12H,1,7-10H2. The summed E-state index contributed by atoms with van der Waals surface area (Å²) in [6.07, 6.45) is 11.4. The topological polar surface area (TPSA) is 0 Å². The third kappa shape index (κ3) is 1.67. The summed E-state index contributed by atoms with van der Waals surface area (Å²) in [4.78, 5) is 0. The van der Waals surface area contributed by atoms with Gasteiger partial charge in [-0.1, -0.05) is 48.1 Å². The molecule has 0 aliphatic heterocycles. The van der Waals surface area contributed by atoms with Crippen LogP contribution in [0.2, 0.25) is 0 Å². The van der Waals surface area contributed by atoms with Gasteiger partial charge in [-0.15, -0.1) is 0 Å². The lowest BCUT2D eigenvalue weighted by Crippen LogP contribution is -2.12. The number of aryl methyl sites for hydroxylation is 1. The lowest BCUT2D eigenvalue weighted by atomic mass is 9.74. The molecule has 0 N–H and O–H groups in total. The molecular weight excluding hydrogens is 228 g/mol. The van der Waals surface area contributed by atoms with Crippen LogP contribution >= 0.6 is 0 Å². The second kappa shape index (κ2) is 4.09. The fraction of sp³-hybridized carbons (Fsp3) is 0.211. The fourth-order valence-corrected chi connectivity index (χ4v) is 3.55. The van der Waals surface area contributed by atoms with Crippen LogP contribution in [-0.2, 0) is 6.42 Å². The zero-order chi connectivity index (χ0) is 12.8. The van der Waals surface area contributed by atoms with Crippen molar-refractivity contribution in [3.8, 4) is 0 Å². The van der Waals surface area contributed by atoms with E-state index in [2.05, 4.69) is 49.4 Å². The molecule has 0 unspecified atom stereocenters. The van der Waals surface area contributed by atoms with Crippen molar-refractivity contribution in [2.24, 2.45) is 0 Å². The molecule has 0 amide bonds. The Bertz CT molecular complexity index is 678. The first-order valence-corrected chi connectivity index (χ1v) is 7.07. The van der Waals surface area contributed by atoms with Gasteiger partial charge in [0.2, 0.25) is 0 Å². The first-order chi connectivity index (χ1) is 9.33. The Labute approximate surface area is 114 Å². The number of allylic oxidation sites excluding steroid dienone is 8. The van der Waals surface area contributed by atoms with Crippen molar-refractivity contribution >= 4 is 5.57 Å². The molecule has 1 aromatic carbocycles. The van der Waals surface area contributed by atoms with Crippen molar-refractivity contribution in [3.63, 3.8) is 0 Å². The quantitative estimate of drug-likeness (QED) is 0.615. The summed E-state index contributed by atoms with van der Waals surface area (Å²) in [7, 11) is 0. The van der Waals surface area contributed by atoms with Crippen LogP contribution in [0.4, 0.5) is 0 Å². The van der Waals surface area contributed by atoms with Crippen LogP contribution in [-0.4, -0.2) is 0 Å². The van der Waals surface area contributed by atoms with E-state index in [1.807, 2.05) is 0 Å². The molecule has 0 saturated heterocycles. The van der Waals surface area contributed by atoms with Crippen LogP contribution in [0.5, 0.6) is 0 Å². The Morgan fingerprint density at radius 1 is 0.895 bits per heavy atom. The van der Waals surface area contributed by atoms with E-state index in [9.17, 15) is 0 Å². The molecule has 0 nitrogen and oxygen atoms in total. The van der Waals surface area contributed by atoms with Gasteiger partial charge in [0.05, 0.1) is 0 Å². The van der Waals surface area contributed by atoms with E-state index in [0.717, 1.165) is 12.8 Å². The van der Waals surface area contributed by atoms with Gasteiger partial charge in [0.1, 0.15) is 0 Å². The number of hydrogen-bond acceptors (Lipinski definition) is 0. The summed E-state index contributed by atoms with van der Waals surface area (Å²) in [5, 5.41) is 0. The predicted octanol–water partition coefficient (Wildman–Crippen LogP) is 4.81. The summed E-state index contributed by atoms with van der Waals surface area (Å²) < 4.78 is 0. The molecule has 0 fully saturated rings. The van der Waals surface area contributed by atoms with Crippen molar-refractivity contribution < 1.29 is 0 Å². The first kappa shape index (κ1) is 11.0. The van der Waals surface area contributed by atoms with Crippen LogP contribution in [0.25, 0.3) is 5.57 Å². The van der Waals surface area contributed by atoms with Gasteiger partial charge in [-0.05, 0) is 66.0 Å². The highest BCUT2D eigenvalue weighted by atomic mass is 14.3. The molecule has 19 heavy (non-hydrogen) atoms. The third-order valence-electron chi connectivity index (χ3n) is 4.48. The van der Waals surface area contributed by atoms with Gasteiger partial charge in [-0.25, -0.2) is 0 Å². The average Bonchev–Trinajstić information content (AvgIpc) is 2.46. The van der Waals surface area contributed by atoms with E-state index in [4.69, 9.17) is 0 Å². The Kier molecular flexibility index (Phi) is 2.38. The number of rotatable bonds is 0. The average molecular weight is 245 g/mol. The van der Waals surface area contributed by atoms with Gasteiger partial charge < -0.3 is 0 Å². The van der Waals surface area contributed by atoms with Crippen molar-refractivity contribution in [3.05, 3.63) is 82.8 Å². The number of fused-ring (bicyclic) bond motifs is 4. The van der Waals surface area contributed by atoms with E-state index in [-0.39, 0.29) is 0 Å². The van der Waals surface area contributed by atoms with Crippen molar-refractivity contribution in [1.82, 2.24) is 0 Å². The summed E-state index contributed by atoms with van der Waals surface area (Å²) in [6.45, 7) is 4.07. The molecule has 3 aliphatic rings. The highest BCUT2D eigenvalue weighted by Gasteiger charge is 2.25. The summed E-state index contributed by atoms with van der Waals surface area (Å²) in [5.41, 5.74) is 10.3. The van der Waals surface area contributed by atoms with Crippen LogP contribution < -0.4 is 0 Å². The molecule has 0 heterocycles. The zero-order valence-electron chi connectivity index (χ0n) is 11.1. The molecular formula is C19H17. The Hall–Kier alpha value is -1.82. The molecule has 0 heteroatoms. The maximum absolute atomic E-state index is 4.07. The second-order valence-electron chi connectivity index (χ2n) is 5.59. The third-order valence-corrected chi connectivity index (χ3v) is 4.48. The van der Waals surface area contributed by atoms with Crippen LogP contribution in [0.15, 0.2) is 64.8 Å². The Balaban J connectivity index is 1.87. The molecule has 4 rings (SSSR count). The Morgan fingerprint density at radius 3 is 2.74 bits per heavy atom. The van der Waals surface area contributed by atoms with E-state index in [1.165, 1.54) is 40.7 Å². The number of benzene rings is 1. The first-order valence-electron chi connectivity index (χ1n) is 7.07. The highest BCUT2D eigenvalue weighted by Crippen LogP contribution is 2.44. The lowest BCUT2D eigenvalue weighted by molar-refractivity contribution is 0.898. The fourth-order valence-electron chi connectivity index (χ4n) is 3.55. The van der Waals surface area contributed by atoms with Crippen molar-refractivity contribution in [2.75, 3.05) is 0 Å². The van der Waals surface area contributed by atoms with Crippen LogP contribution in [0.3, 0.4) is 0 Å². The summed E-state index contributed by atoms with van der Waals surface area (Å²) in [5.74, 6) is 0. The molecule has 1 radical (unpaired) electrons. The van der Waals surface area contributed by atoms with Crippen LogP contribution in [0, 0.1) is 6.92 Å². The highest BCUT2D eigenvalue weighted by molar-refractivity contribution is 5.86. The SMILES string of the molecule is [CH2]C1=CCC2=C3CCc4ccccc4C3=CCC2=C1. The minimum atomic E-state index is 1.06. The van der Waals surface area contributed by atoms with Gasteiger partial charge in [-0.2, -0.15) is 0 Å². The molecule has 3 aliphatic carbocycles. The van der Waals surface area contributed by atoms with E-state index >= 15 is 0 Å². The van der Waals surface area contributed by atoms with Gasteiger partial charge in [-0.3, -0.25) is 0 Å². The molecule has 1 aromatic rings. The molecule has 93 valence electrons. The van der Waals surface area contributed by atoms with Crippen LogP contribution in [0.1, 0.15) is 30.4 Å². The molecule has 0 bridgehead atoms. The smallest absolute Gasteiger partial charge is 0.00851 e. The molecule has 0 atom stereocenters. The lowest BCUT2D eigenvalue weighted by Gasteiger charge is -2.30. The summed E-state index contributed by atoms with van der Waals surface area (Å²) >= 11 is 0. The van der Waals surface area contributed by atoms with E-state index in [1.54, 1.807) is 11.1 Å². The molecule has 0 aromatic heterocycles. The summed E-state index contributed by atoms with van der Waals surface area (Å²) in [6, 6.07) is 8.87. The maximum Gasteiger partial charge on any atom is -0.00851 e. The minimum Gasteiger partial charge on any atom is -0.0769 e. The minimum absolute atomic E-state index is 1.06. The van der Waals surface area contributed by atoms with E-state index < -0.39 is 0 Å². The maximum atomic E-state index is 4.07.